The van der Waals surface area contributed by atoms with Crippen LogP contribution in [0.1, 0.15) is 24.0 Å². The topological polar surface area (TPSA) is 50.5 Å². The summed E-state index contributed by atoms with van der Waals surface area (Å²) >= 11 is 0. The SMILES string of the molecule is COCCc1cc(Nc2ccc(N3CCC(C(F)(F)F)CC3)cc2)ccc1CN. The summed E-state index contributed by atoms with van der Waals surface area (Å²) in [6, 6.07) is 13.9. The molecular formula is C22H28F3N3O. The number of nitrogens with one attached hydrogen (secondary N) is 1. The molecule has 1 saturated heterocycles. The first-order chi connectivity index (χ1) is 13.9. The Morgan fingerprint density at radius 2 is 1.69 bits per heavy atom. The van der Waals surface area contributed by atoms with Gasteiger partial charge in [0, 0.05) is 43.8 Å². The Bertz CT molecular complexity index is 785. The van der Waals surface area contributed by atoms with Crippen LogP contribution in [0.5, 0.6) is 0 Å². The smallest absolute Gasteiger partial charge is 0.384 e. The summed E-state index contributed by atoms with van der Waals surface area (Å²) in [6.07, 6.45) is -2.98. The lowest BCUT2D eigenvalue weighted by atomic mass is 9.96. The first-order valence-electron chi connectivity index (χ1n) is 9.90. The first-order valence-corrected chi connectivity index (χ1v) is 9.90. The molecular weight excluding hydrogens is 379 g/mol. The summed E-state index contributed by atoms with van der Waals surface area (Å²) in [5, 5.41) is 3.38. The zero-order valence-corrected chi connectivity index (χ0v) is 16.6. The van der Waals surface area contributed by atoms with Crippen molar-refractivity contribution in [1.29, 1.82) is 0 Å². The van der Waals surface area contributed by atoms with E-state index in [-0.39, 0.29) is 12.8 Å². The van der Waals surface area contributed by atoms with Crippen LogP contribution in [0.2, 0.25) is 0 Å². The van der Waals surface area contributed by atoms with E-state index in [1.807, 2.05) is 41.3 Å². The van der Waals surface area contributed by atoms with Gasteiger partial charge < -0.3 is 20.7 Å². The maximum atomic E-state index is 12.8. The van der Waals surface area contributed by atoms with Crippen molar-refractivity contribution >= 4 is 17.1 Å². The van der Waals surface area contributed by atoms with E-state index in [1.54, 1.807) is 7.11 Å². The zero-order chi connectivity index (χ0) is 20.9. The lowest BCUT2D eigenvalue weighted by Gasteiger charge is -2.34. The minimum atomic E-state index is -4.08. The van der Waals surface area contributed by atoms with Crippen molar-refractivity contribution in [1.82, 2.24) is 0 Å². The van der Waals surface area contributed by atoms with Gasteiger partial charge >= 0.3 is 6.18 Å². The fourth-order valence-corrected chi connectivity index (χ4v) is 3.73. The highest BCUT2D eigenvalue weighted by Gasteiger charge is 2.41. The third kappa shape index (κ3) is 5.64. The average Bonchev–Trinajstić information content (AvgIpc) is 2.72. The van der Waals surface area contributed by atoms with Crippen molar-refractivity contribution in [2.24, 2.45) is 11.7 Å². The standard InChI is InChI=1S/C22H28F3N3O/c1-29-13-10-16-14-20(3-2-17(16)15-26)27-19-4-6-21(7-5-19)28-11-8-18(9-12-28)22(23,24)25/h2-7,14,18,27H,8-13,15,26H2,1H3. The van der Waals surface area contributed by atoms with E-state index in [4.69, 9.17) is 10.5 Å². The number of hydrogen-bond donors (Lipinski definition) is 2. The number of hydrogen-bond acceptors (Lipinski definition) is 4. The van der Waals surface area contributed by atoms with E-state index < -0.39 is 12.1 Å². The first kappa shape index (κ1) is 21.5. The number of nitrogens with two attached hydrogens (primary N) is 1. The minimum Gasteiger partial charge on any atom is -0.384 e. The molecule has 0 unspecified atom stereocenters. The van der Waals surface area contributed by atoms with E-state index in [0.717, 1.165) is 34.6 Å². The Morgan fingerprint density at radius 1 is 1.03 bits per heavy atom. The molecule has 0 saturated carbocycles. The number of piperidine rings is 1. The van der Waals surface area contributed by atoms with Crippen molar-refractivity contribution in [3.63, 3.8) is 0 Å². The van der Waals surface area contributed by atoms with Crippen LogP contribution in [0.4, 0.5) is 30.2 Å². The van der Waals surface area contributed by atoms with Crippen LogP contribution in [-0.4, -0.2) is 33.0 Å². The highest BCUT2D eigenvalue weighted by molar-refractivity contribution is 5.64. The number of anilines is 3. The molecule has 158 valence electrons. The third-order valence-corrected chi connectivity index (χ3v) is 5.48. The third-order valence-electron chi connectivity index (χ3n) is 5.48. The van der Waals surface area contributed by atoms with E-state index in [0.29, 0.717) is 26.2 Å². The van der Waals surface area contributed by atoms with Gasteiger partial charge in [0.05, 0.1) is 12.5 Å². The highest BCUT2D eigenvalue weighted by atomic mass is 19.4. The van der Waals surface area contributed by atoms with E-state index >= 15 is 0 Å². The van der Waals surface area contributed by atoms with E-state index in [9.17, 15) is 13.2 Å². The molecule has 0 atom stereocenters. The number of ether oxygens (including phenoxy) is 1. The molecule has 2 aromatic rings. The maximum absolute atomic E-state index is 12.8. The second kappa shape index (κ2) is 9.50. The van der Waals surface area contributed by atoms with Gasteiger partial charge in [-0.15, -0.1) is 0 Å². The summed E-state index contributed by atoms with van der Waals surface area (Å²) in [5.74, 6) is -1.18. The van der Waals surface area contributed by atoms with Crippen molar-refractivity contribution < 1.29 is 17.9 Å². The summed E-state index contributed by atoms with van der Waals surface area (Å²) in [7, 11) is 1.68. The average molecular weight is 407 g/mol. The number of alkyl halides is 3. The Balaban J connectivity index is 1.62. The second-order valence-electron chi connectivity index (χ2n) is 7.41. The van der Waals surface area contributed by atoms with Gasteiger partial charge in [0.15, 0.2) is 0 Å². The molecule has 0 amide bonds. The summed E-state index contributed by atoms with van der Waals surface area (Å²) < 4.78 is 43.7. The van der Waals surface area contributed by atoms with Crippen LogP contribution in [0.3, 0.4) is 0 Å². The quantitative estimate of drug-likeness (QED) is 0.689. The number of benzene rings is 2. The molecule has 4 nitrogen and oxygen atoms in total. The molecule has 3 rings (SSSR count). The predicted molar refractivity (Wildman–Crippen MR) is 111 cm³/mol. The van der Waals surface area contributed by atoms with Crippen LogP contribution in [-0.2, 0) is 17.7 Å². The lowest BCUT2D eigenvalue weighted by molar-refractivity contribution is -0.179. The van der Waals surface area contributed by atoms with Crippen molar-refractivity contribution in [3.05, 3.63) is 53.6 Å². The Hall–Kier alpha value is -2.25. The van der Waals surface area contributed by atoms with Gasteiger partial charge in [0.25, 0.3) is 0 Å². The monoisotopic (exact) mass is 407 g/mol. The Kier molecular flexibility index (Phi) is 7.03. The highest BCUT2D eigenvalue weighted by Crippen LogP contribution is 2.35. The van der Waals surface area contributed by atoms with Crippen molar-refractivity contribution in [2.45, 2.75) is 32.0 Å². The molecule has 0 radical (unpaired) electrons. The molecule has 0 aliphatic carbocycles. The fourth-order valence-electron chi connectivity index (χ4n) is 3.73. The lowest BCUT2D eigenvalue weighted by Crippen LogP contribution is -2.38. The van der Waals surface area contributed by atoms with Gasteiger partial charge in [-0.25, -0.2) is 0 Å². The molecule has 0 aromatic heterocycles. The van der Waals surface area contributed by atoms with Crippen LogP contribution in [0.25, 0.3) is 0 Å². The number of halogens is 3. The molecule has 1 aliphatic heterocycles. The summed E-state index contributed by atoms with van der Waals surface area (Å²) in [6.45, 7) is 1.98. The molecule has 1 aliphatic rings. The molecule has 2 aromatic carbocycles. The van der Waals surface area contributed by atoms with Crippen LogP contribution < -0.4 is 16.0 Å². The molecule has 0 spiro atoms. The largest absolute Gasteiger partial charge is 0.391 e. The Morgan fingerprint density at radius 3 is 2.28 bits per heavy atom. The zero-order valence-electron chi connectivity index (χ0n) is 16.6. The number of nitrogens with zero attached hydrogens (tertiary/aromatic N) is 1. The van der Waals surface area contributed by atoms with Gasteiger partial charge in [0.2, 0.25) is 0 Å². The normalized spacial score (nSPS) is 15.6. The summed E-state index contributed by atoms with van der Waals surface area (Å²) in [4.78, 5) is 2.02. The number of rotatable bonds is 7. The predicted octanol–water partition coefficient (Wildman–Crippen LogP) is 4.86. The van der Waals surface area contributed by atoms with E-state index in [2.05, 4.69) is 11.4 Å². The molecule has 0 bridgehead atoms. The molecule has 1 heterocycles. The van der Waals surface area contributed by atoms with Crippen LogP contribution >= 0.6 is 0 Å². The fraction of sp³-hybridized carbons (Fsp3) is 0.455. The molecule has 3 N–H and O–H groups in total. The second-order valence-corrected chi connectivity index (χ2v) is 7.41. The van der Waals surface area contributed by atoms with E-state index in [1.165, 1.54) is 0 Å². The van der Waals surface area contributed by atoms with Crippen LogP contribution in [0, 0.1) is 5.92 Å². The molecule has 29 heavy (non-hydrogen) atoms. The minimum absolute atomic E-state index is 0.154. The van der Waals surface area contributed by atoms with Gasteiger partial charge in [-0.1, -0.05) is 6.07 Å². The summed E-state index contributed by atoms with van der Waals surface area (Å²) in [5.41, 5.74) is 10.9. The van der Waals surface area contributed by atoms with Crippen molar-refractivity contribution in [3.8, 4) is 0 Å². The van der Waals surface area contributed by atoms with Gasteiger partial charge in [0.1, 0.15) is 0 Å². The van der Waals surface area contributed by atoms with Crippen molar-refractivity contribution in [2.75, 3.05) is 37.0 Å². The number of methoxy groups -OCH3 is 1. The van der Waals surface area contributed by atoms with Gasteiger partial charge in [-0.2, -0.15) is 13.2 Å². The maximum Gasteiger partial charge on any atom is 0.391 e. The Labute approximate surface area is 169 Å². The van der Waals surface area contributed by atoms with Gasteiger partial charge in [-0.3, -0.25) is 0 Å². The van der Waals surface area contributed by atoms with Gasteiger partial charge in [-0.05, 0) is 66.8 Å². The van der Waals surface area contributed by atoms with Crippen LogP contribution in [0.15, 0.2) is 42.5 Å². The molecule has 7 heteroatoms. The molecule has 1 fully saturated rings.